The Kier molecular flexibility index (Phi) is 5.36. The fourth-order valence-electron chi connectivity index (χ4n) is 6.44. The van der Waals surface area contributed by atoms with Crippen LogP contribution in [0.1, 0.15) is 49.1 Å². The van der Waals surface area contributed by atoms with E-state index < -0.39 is 6.61 Å². The highest BCUT2D eigenvalue weighted by atomic mass is 19.3. The van der Waals surface area contributed by atoms with Crippen LogP contribution in [0.25, 0.3) is 0 Å². The Morgan fingerprint density at radius 3 is 2.76 bits per heavy atom. The third kappa shape index (κ3) is 3.50. The summed E-state index contributed by atoms with van der Waals surface area (Å²) in [6.07, 6.45) is 15.1. The first-order valence-electron chi connectivity index (χ1n) is 12.0. The van der Waals surface area contributed by atoms with E-state index in [-0.39, 0.29) is 29.9 Å². The van der Waals surface area contributed by atoms with Crippen LogP contribution in [-0.2, 0) is 4.74 Å². The maximum Gasteiger partial charge on any atom is 0.387 e. The number of allylic oxidation sites excluding steroid dienone is 6. The van der Waals surface area contributed by atoms with Crippen LogP contribution >= 0.6 is 0 Å². The van der Waals surface area contributed by atoms with Crippen molar-refractivity contribution in [2.24, 2.45) is 27.7 Å². The monoisotopic (exact) mass is 462 g/mol. The minimum Gasteiger partial charge on any atom is -0.435 e. The number of hydrogen-bond donors (Lipinski definition) is 0. The van der Waals surface area contributed by atoms with Crippen LogP contribution in [0, 0.1) is 17.8 Å². The van der Waals surface area contributed by atoms with Crippen LogP contribution in [0.2, 0.25) is 0 Å². The van der Waals surface area contributed by atoms with Gasteiger partial charge in [0.1, 0.15) is 5.75 Å². The van der Waals surface area contributed by atoms with Gasteiger partial charge in [-0.2, -0.15) is 8.78 Å². The lowest BCUT2D eigenvalue weighted by atomic mass is 9.71. The Morgan fingerprint density at radius 2 is 2.00 bits per heavy atom. The van der Waals surface area contributed by atoms with Gasteiger partial charge in [0.25, 0.3) is 0 Å². The highest BCUT2D eigenvalue weighted by molar-refractivity contribution is 6.00. The quantitative estimate of drug-likeness (QED) is 0.513. The molecule has 2 aliphatic heterocycles. The largest absolute Gasteiger partial charge is 0.435 e. The van der Waals surface area contributed by atoms with E-state index in [0.29, 0.717) is 11.7 Å². The predicted molar refractivity (Wildman–Crippen MR) is 129 cm³/mol. The minimum absolute atomic E-state index is 0.0933. The van der Waals surface area contributed by atoms with Crippen molar-refractivity contribution in [3.63, 3.8) is 0 Å². The molecule has 5 aliphatic rings. The maximum absolute atomic E-state index is 13.4. The van der Waals surface area contributed by atoms with E-state index in [1.54, 1.807) is 13.2 Å². The highest BCUT2D eigenvalue weighted by Crippen LogP contribution is 2.61. The van der Waals surface area contributed by atoms with Gasteiger partial charge >= 0.3 is 6.61 Å². The molecule has 5 unspecified atom stereocenters. The molecule has 4 nitrogen and oxygen atoms in total. The third-order valence-corrected chi connectivity index (χ3v) is 7.91. The molecule has 2 bridgehead atoms. The van der Waals surface area contributed by atoms with Crippen molar-refractivity contribution >= 4 is 11.9 Å². The third-order valence-electron chi connectivity index (χ3n) is 7.91. The van der Waals surface area contributed by atoms with Gasteiger partial charge in [-0.1, -0.05) is 43.4 Å². The second kappa shape index (κ2) is 8.42. The number of dihydropyridines is 1. The van der Waals surface area contributed by atoms with Crippen molar-refractivity contribution in [1.29, 1.82) is 0 Å². The normalized spacial score (nSPS) is 32.9. The number of halogens is 2. The molecule has 6 rings (SSSR count). The van der Waals surface area contributed by atoms with Crippen LogP contribution in [0.15, 0.2) is 75.4 Å². The lowest BCUT2D eigenvalue weighted by Gasteiger charge is -2.34. The van der Waals surface area contributed by atoms with Crippen LogP contribution in [0.3, 0.4) is 0 Å². The van der Waals surface area contributed by atoms with Crippen molar-refractivity contribution in [2.45, 2.75) is 50.9 Å². The molecular weight excluding hydrogens is 434 g/mol. The summed E-state index contributed by atoms with van der Waals surface area (Å²) in [5.41, 5.74) is 6.64. The Morgan fingerprint density at radius 1 is 1.15 bits per heavy atom. The number of nitrogens with zero attached hydrogens (tertiary/aromatic N) is 2. The SMILES string of the molecule is COC1CC=C(C[C@H]2c3cccc(OC(F)F)c3C3CC2C2=NC4=C(C=CC(C)C=C4)C23)C=N1. The smallest absolute Gasteiger partial charge is 0.387 e. The molecule has 0 spiro atoms. The molecule has 176 valence electrons. The number of hydrogen-bond acceptors (Lipinski definition) is 4. The number of ether oxygens (including phenoxy) is 2. The number of fused-ring (bicyclic) bond motifs is 2. The van der Waals surface area contributed by atoms with E-state index in [0.717, 1.165) is 41.7 Å². The summed E-state index contributed by atoms with van der Waals surface area (Å²) in [6.45, 7) is -0.698. The molecule has 2 heterocycles. The molecule has 6 heteroatoms. The average Bonchev–Trinajstić information content (AvgIpc) is 3.28. The molecule has 0 saturated heterocycles. The summed E-state index contributed by atoms with van der Waals surface area (Å²) in [5, 5.41) is 0. The van der Waals surface area contributed by atoms with E-state index >= 15 is 0 Å². The summed E-state index contributed by atoms with van der Waals surface area (Å²) in [5.74, 6) is 1.27. The molecule has 1 saturated carbocycles. The van der Waals surface area contributed by atoms with Gasteiger partial charge in [0.2, 0.25) is 0 Å². The van der Waals surface area contributed by atoms with E-state index in [9.17, 15) is 8.78 Å². The van der Waals surface area contributed by atoms with Crippen LogP contribution < -0.4 is 4.74 Å². The van der Waals surface area contributed by atoms with E-state index in [4.69, 9.17) is 14.5 Å². The summed E-state index contributed by atoms with van der Waals surface area (Å²) in [4.78, 5) is 9.66. The summed E-state index contributed by atoms with van der Waals surface area (Å²) < 4.78 is 37.2. The molecule has 1 aromatic carbocycles. The molecule has 1 aromatic rings. The molecule has 34 heavy (non-hydrogen) atoms. The fraction of sp³-hybridized carbons (Fsp3) is 0.429. The zero-order valence-electron chi connectivity index (χ0n) is 19.3. The van der Waals surface area contributed by atoms with Crippen molar-refractivity contribution in [2.75, 3.05) is 7.11 Å². The van der Waals surface area contributed by atoms with Crippen LogP contribution in [-0.4, -0.2) is 31.9 Å². The van der Waals surface area contributed by atoms with Crippen molar-refractivity contribution in [3.8, 4) is 5.75 Å². The van der Waals surface area contributed by atoms with Gasteiger partial charge in [-0.15, -0.1) is 0 Å². The number of rotatable bonds is 5. The standard InChI is InChI=1S/C28H28F2N2O2/c1-15-6-9-18-22(10-7-15)32-27-20-13-21(26(18)27)25-17(4-3-5-23(25)34-28(29)30)19(20)12-16-8-11-24(33-2)31-14-16/h3-10,14-15,19-21,24,26,28H,11-13H2,1-2H3/t15?,19-,20?,21?,24?,26?/m0/s1. The Labute approximate surface area is 198 Å². The van der Waals surface area contributed by atoms with Crippen LogP contribution in [0.5, 0.6) is 5.75 Å². The first-order valence-corrected chi connectivity index (χ1v) is 12.0. The van der Waals surface area contributed by atoms with Crippen molar-refractivity contribution < 1.29 is 18.3 Å². The topological polar surface area (TPSA) is 43.2 Å². The second-order valence-corrected chi connectivity index (χ2v) is 9.81. The molecular formula is C28H28F2N2O2. The van der Waals surface area contributed by atoms with Crippen LogP contribution in [0.4, 0.5) is 8.78 Å². The molecule has 1 fully saturated rings. The molecule has 3 aliphatic carbocycles. The minimum atomic E-state index is -2.85. The molecule has 0 radical (unpaired) electrons. The lowest BCUT2D eigenvalue weighted by Crippen LogP contribution is -2.23. The van der Waals surface area contributed by atoms with E-state index in [1.807, 2.05) is 12.3 Å². The van der Waals surface area contributed by atoms with E-state index in [1.165, 1.54) is 11.3 Å². The molecule has 0 amide bonds. The Balaban J connectivity index is 1.44. The fourth-order valence-corrected chi connectivity index (χ4v) is 6.44. The number of alkyl halides is 2. The zero-order valence-corrected chi connectivity index (χ0v) is 19.3. The Bertz CT molecular complexity index is 1190. The van der Waals surface area contributed by atoms with E-state index in [2.05, 4.69) is 48.4 Å². The van der Waals surface area contributed by atoms with Gasteiger partial charge in [-0.25, -0.2) is 0 Å². The van der Waals surface area contributed by atoms with Gasteiger partial charge in [0.05, 0.1) is 5.70 Å². The highest BCUT2D eigenvalue weighted by Gasteiger charge is 2.53. The molecule has 0 aromatic heterocycles. The summed E-state index contributed by atoms with van der Waals surface area (Å²) in [6, 6.07) is 5.63. The van der Waals surface area contributed by atoms with Crippen molar-refractivity contribution in [3.05, 3.63) is 76.5 Å². The lowest BCUT2D eigenvalue weighted by molar-refractivity contribution is -0.0508. The number of benzene rings is 1. The first kappa shape index (κ1) is 21.7. The van der Waals surface area contributed by atoms with Gasteiger partial charge in [0.15, 0.2) is 6.23 Å². The number of methoxy groups -OCH3 is 1. The summed E-state index contributed by atoms with van der Waals surface area (Å²) >= 11 is 0. The molecule has 0 N–H and O–H groups in total. The van der Waals surface area contributed by atoms with Gasteiger partial charge in [0, 0.05) is 48.8 Å². The second-order valence-electron chi connectivity index (χ2n) is 9.81. The predicted octanol–water partition coefficient (Wildman–Crippen LogP) is 6.34. The van der Waals surface area contributed by atoms with Gasteiger partial charge < -0.3 is 9.47 Å². The zero-order chi connectivity index (χ0) is 23.4. The van der Waals surface area contributed by atoms with Gasteiger partial charge in [-0.05, 0) is 53.5 Å². The maximum atomic E-state index is 13.4. The van der Waals surface area contributed by atoms with Gasteiger partial charge in [-0.3, -0.25) is 9.98 Å². The Hall–Kier alpha value is -2.86. The van der Waals surface area contributed by atoms with Crippen molar-refractivity contribution in [1.82, 2.24) is 0 Å². The average molecular weight is 463 g/mol. The first-order chi connectivity index (χ1) is 16.5. The molecule has 6 atom stereocenters. The summed E-state index contributed by atoms with van der Waals surface area (Å²) in [7, 11) is 1.67. The number of aliphatic imine (C=N–C) groups is 2.